The lowest BCUT2D eigenvalue weighted by Gasteiger charge is -2.06. The van der Waals surface area contributed by atoms with E-state index in [4.69, 9.17) is 9.47 Å². The average molecular weight is 445 g/mol. The van der Waals surface area contributed by atoms with Crippen molar-refractivity contribution in [1.82, 2.24) is 10.2 Å². The smallest absolute Gasteiger partial charge is 0.257 e. The zero-order valence-corrected chi connectivity index (χ0v) is 18.0. The third-order valence-electron chi connectivity index (χ3n) is 3.73. The third kappa shape index (κ3) is 6.19. The molecule has 3 rings (SSSR count). The number of nitrogens with zero attached hydrogens (tertiary/aromatic N) is 2. The van der Waals surface area contributed by atoms with Crippen LogP contribution in [0.2, 0.25) is 0 Å². The van der Waals surface area contributed by atoms with Crippen molar-refractivity contribution in [3.8, 4) is 11.5 Å². The molecule has 30 heavy (non-hydrogen) atoms. The fourth-order valence-electron chi connectivity index (χ4n) is 2.38. The van der Waals surface area contributed by atoms with Gasteiger partial charge in [-0.05, 0) is 49.4 Å². The Kier molecular flexibility index (Phi) is 7.63. The molecule has 0 aliphatic heterocycles. The first-order chi connectivity index (χ1) is 14.6. The van der Waals surface area contributed by atoms with Gasteiger partial charge >= 0.3 is 0 Å². The van der Waals surface area contributed by atoms with E-state index >= 15 is 0 Å². The van der Waals surface area contributed by atoms with Crippen LogP contribution in [0.1, 0.15) is 17.3 Å². The van der Waals surface area contributed by atoms with E-state index in [1.165, 1.54) is 30.2 Å². The standard InChI is InChI=1S/C20H20N4O4S2/c1-3-28-15-9-7-14(8-10-15)21-17(25)12-29-20-24-23-19(30-20)22-18(26)13-5-4-6-16(11-13)27-2/h4-11H,3,12H2,1-2H3,(H,21,25)(H,22,23,26). The highest BCUT2D eigenvalue weighted by molar-refractivity contribution is 8.01. The molecule has 10 heteroatoms. The predicted octanol–water partition coefficient (Wildman–Crippen LogP) is 3.93. The van der Waals surface area contributed by atoms with Crippen LogP contribution in [0, 0.1) is 0 Å². The molecule has 3 aromatic rings. The molecule has 0 fully saturated rings. The molecule has 1 heterocycles. The van der Waals surface area contributed by atoms with Gasteiger partial charge in [0.05, 0.1) is 19.5 Å². The number of amides is 2. The lowest BCUT2D eigenvalue weighted by Crippen LogP contribution is -2.13. The van der Waals surface area contributed by atoms with Crippen molar-refractivity contribution < 1.29 is 19.1 Å². The van der Waals surface area contributed by atoms with Crippen molar-refractivity contribution in [3.05, 3.63) is 54.1 Å². The van der Waals surface area contributed by atoms with Crippen molar-refractivity contribution >= 4 is 45.7 Å². The van der Waals surface area contributed by atoms with Crippen LogP contribution in [0.5, 0.6) is 11.5 Å². The van der Waals surface area contributed by atoms with Crippen LogP contribution in [0.3, 0.4) is 0 Å². The van der Waals surface area contributed by atoms with Crippen molar-refractivity contribution in [2.75, 3.05) is 30.1 Å². The summed E-state index contributed by atoms with van der Waals surface area (Å²) in [5.41, 5.74) is 1.14. The highest BCUT2D eigenvalue weighted by Gasteiger charge is 2.12. The third-order valence-corrected chi connectivity index (χ3v) is 5.71. The van der Waals surface area contributed by atoms with Gasteiger partial charge in [0, 0.05) is 11.3 Å². The summed E-state index contributed by atoms with van der Waals surface area (Å²) < 4.78 is 11.1. The van der Waals surface area contributed by atoms with Gasteiger partial charge in [-0.25, -0.2) is 0 Å². The van der Waals surface area contributed by atoms with Gasteiger partial charge in [0.25, 0.3) is 5.91 Å². The summed E-state index contributed by atoms with van der Waals surface area (Å²) in [6, 6.07) is 14.0. The van der Waals surface area contributed by atoms with Gasteiger partial charge in [-0.2, -0.15) is 0 Å². The van der Waals surface area contributed by atoms with Gasteiger partial charge in [0.1, 0.15) is 11.5 Å². The molecular formula is C20H20N4O4S2. The second-order valence-electron chi connectivity index (χ2n) is 5.85. The van der Waals surface area contributed by atoms with Gasteiger partial charge in [0.15, 0.2) is 4.34 Å². The normalized spacial score (nSPS) is 10.3. The maximum Gasteiger partial charge on any atom is 0.257 e. The Hall–Kier alpha value is -3.11. The van der Waals surface area contributed by atoms with Crippen molar-refractivity contribution in [3.63, 3.8) is 0 Å². The van der Waals surface area contributed by atoms with Gasteiger partial charge in [-0.15, -0.1) is 10.2 Å². The summed E-state index contributed by atoms with van der Waals surface area (Å²) in [5, 5.41) is 13.8. The predicted molar refractivity (Wildman–Crippen MR) is 118 cm³/mol. The quantitative estimate of drug-likeness (QED) is 0.381. The summed E-state index contributed by atoms with van der Waals surface area (Å²) in [4.78, 5) is 24.5. The number of rotatable bonds is 9. The number of carbonyl (C=O) groups excluding carboxylic acids is 2. The fraction of sp³-hybridized carbons (Fsp3) is 0.200. The van der Waals surface area contributed by atoms with Crippen LogP contribution < -0.4 is 20.1 Å². The minimum absolute atomic E-state index is 0.165. The Bertz CT molecular complexity index is 1010. The molecule has 1 aromatic heterocycles. The maximum atomic E-state index is 12.3. The average Bonchev–Trinajstić information content (AvgIpc) is 3.21. The van der Waals surface area contributed by atoms with E-state index in [0.717, 1.165) is 5.75 Å². The van der Waals surface area contributed by atoms with Gasteiger partial charge in [-0.3, -0.25) is 14.9 Å². The first-order valence-electron chi connectivity index (χ1n) is 9.02. The molecule has 0 saturated carbocycles. The molecule has 0 saturated heterocycles. The molecule has 0 bridgehead atoms. The number of benzene rings is 2. The second kappa shape index (κ2) is 10.6. The zero-order chi connectivity index (χ0) is 21.3. The monoisotopic (exact) mass is 444 g/mol. The molecule has 0 atom stereocenters. The van der Waals surface area contributed by atoms with Crippen LogP contribution in [-0.2, 0) is 4.79 Å². The molecule has 8 nitrogen and oxygen atoms in total. The lowest BCUT2D eigenvalue weighted by molar-refractivity contribution is -0.113. The molecule has 2 N–H and O–H groups in total. The Morgan fingerprint density at radius 2 is 1.87 bits per heavy atom. The Balaban J connectivity index is 1.49. The molecule has 0 spiro atoms. The Morgan fingerprint density at radius 1 is 1.07 bits per heavy atom. The van der Waals surface area contributed by atoms with E-state index in [-0.39, 0.29) is 17.6 Å². The number of ether oxygens (including phenoxy) is 2. The molecule has 2 aromatic carbocycles. The molecule has 2 amide bonds. The van der Waals surface area contributed by atoms with E-state index in [1.807, 2.05) is 6.92 Å². The molecule has 0 aliphatic rings. The molecular weight excluding hydrogens is 424 g/mol. The van der Waals surface area contributed by atoms with Crippen LogP contribution in [-0.4, -0.2) is 41.5 Å². The topological polar surface area (TPSA) is 102 Å². The number of anilines is 2. The molecule has 0 aliphatic carbocycles. The zero-order valence-electron chi connectivity index (χ0n) is 16.4. The number of nitrogens with one attached hydrogen (secondary N) is 2. The van der Waals surface area contributed by atoms with Crippen molar-refractivity contribution in [2.45, 2.75) is 11.3 Å². The highest BCUT2D eigenvalue weighted by Crippen LogP contribution is 2.26. The number of thioether (sulfide) groups is 1. The van der Waals surface area contributed by atoms with Crippen LogP contribution in [0.4, 0.5) is 10.8 Å². The van der Waals surface area contributed by atoms with Gasteiger partial charge in [-0.1, -0.05) is 29.2 Å². The van der Waals surface area contributed by atoms with Crippen LogP contribution >= 0.6 is 23.1 Å². The van der Waals surface area contributed by atoms with Crippen molar-refractivity contribution in [2.24, 2.45) is 0 Å². The molecule has 156 valence electrons. The number of hydrogen-bond donors (Lipinski definition) is 2. The Morgan fingerprint density at radius 3 is 2.60 bits per heavy atom. The van der Waals surface area contributed by atoms with E-state index in [1.54, 1.807) is 48.5 Å². The maximum absolute atomic E-state index is 12.3. The number of aromatic nitrogens is 2. The number of carbonyl (C=O) groups is 2. The SMILES string of the molecule is CCOc1ccc(NC(=O)CSc2nnc(NC(=O)c3cccc(OC)c3)s2)cc1. The van der Waals surface area contributed by atoms with Gasteiger partial charge < -0.3 is 14.8 Å². The van der Waals surface area contributed by atoms with Crippen molar-refractivity contribution in [1.29, 1.82) is 0 Å². The fourth-order valence-corrected chi connectivity index (χ4v) is 3.92. The van der Waals surface area contributed by atoms with Crippen LogP contribution in [0.25, 0.3) is 0 Å². The molecule has 0 unspecified atom stereocenters. The second-order valence-corrected chi connectivity index (χ2v) is 8.05. The largest absolute Gasteiger partial charge is 0.497 e. The highest BCUT2D eigenvalue weighted by atomic mass is 32.2. The first-order valence-corrected chi connectivity index (χ1v) is 10.8. The van der Waals surface area contributed by atoms with E-state index < -0.39 is 0 Å². The van der Waals surface area contributed by atoms with Gasteiger partial charge in [0.2, 0.25) is 11.0 Å². The Labute approximate surface area is 182 Å². The number of methoxy groups -OCH3 is 1. The van der Waals surface area contributed by atoms with E-state index in [0.29, 0.717) is 33.1 Å². The summed E-state index contributed by atoms with van der Waals surface area (Å²) in [7, 11) is 1.54. The summed E-state index contributed by atoms with van der Waals surface area (Å²) >= 11 is 2.45. The molecule has 0 radical (unpaired) electrons. The van der Waals surface area contributed by atoms with E-state index in [9.17, 15) is 9.59 Å². The van der Waals surface area contributed by atoms with Crippen LogP contribution in [0.15, 0.2) is 52.9 Å². The summed E-state index contributed by atoms with van der Waals surface area (Å²) in [5.74, 6) is 1.04. The summed E-state index contributed by atoms with van der Waals surface area (Å²) in [6.45, 7) is 2.50. The number of hydrogen-bond acceptors (Lipinski definition) is 8. The van der Waals surface area contributed by atoms with E-state index in [2.05, 4.69) is 20.8 Å². The summed E-state index contributed by atoms with van der Waals surface area (Å²) in [6.07, 6.45) is 0. The minimum Gasteiger partial charge on any atom is -0.497 e. The first kappa shape index (κ1) is 21.6. The minimum atomic E-state index is -0.310. The lowest BCUT2D eigenvalue weighted by atomic mass is 10.2.